The van der Waals surface area contributed by atoms with Crippen LogP contribution in [0.4, 0.5) is 14.6 Å². The van der Waals surface area contributed by atoms with E-state index in [-0.39, 0.29) is 17.6 Å². The largest absolute Gasteiger partial charge is 0.379 e. The Balaban J connectivity index is 1.47. The molecule has 0 atom stereocenters. The molecule has 2 fully saturated rings. The maximum Gasteiger partial charge on any atom is 0.282 e. The molecule has 1 aromatic heterocycles. The van der Waals surface area contributed by atoms with Crippen LogP contribution in [0.3, 0.4) is 0 Å². The number of morpholine rings is 1. The van der Waals surface area contributed by atoms with Crippen molar-refractivity contribution >= 4 is 16.0 Å². The van der Waals surface area contributed by atoms with E-state index in [1.54, 1.807) is 4.90 Å². The Labute approximate surface area is 167 Å². The van der Waals surface area contributed by atoms with Crippen molar-refractivity contribution < 1.29 is 21.9 Å². The van der Waals surface area contributed by atoms with Crippen LogP contribution >= 0.6 is 0 Å². The fourth-order valence-corrected chi connectivity index (χ4v) is 4.88. The predicted molar refractivity (Wildman–Crippen MR) is 102 cm³/mol. The third kappa shape index (κ3) is 3.82. The van der Waals surface area contributed by atoms with Crippen LogP contribution in [0.1, 0.15) is 0 Å². The van der Waals surface area contributed by atoms with Crippen LogP contribution in [0.15, 0.2) is 30.6 Å². The van der Waals surface area contributed by atoms with Crippen molar-refractivity contribution in [1.29, 1.82) is 0 Å². The zero-order valence-electron chi connectivity index (χ0n) is 15.8. The van der Waals surface area contributed by atoms with Crippen molar-refractivity contribution in [2.45, 2.75) is 6.04 Å². The van der Waals surface area contributed by atoms with Crippen LogP contribution in [0, 0.1) is 11.6 Å². The molecule has 0 N–H and O–H groups in total. The second-order valence-electron chi connectivity index (χ2n) is 6.96. The van der Waals surface area contributed by atoms with E-state index in [1.165, 1.54) is 46.3 Å². The minimum Gasteiger partial charge on any atom is -0.379 e. The first-order valence-corrected chi connectivity index (χ1v) is 10.6. The molecular formula is C18H21F2N5O3S. The summed E-state index contributed by atoms with van der Waals surface area (Å²) < 4.78 is 61.5. The Morgan fingerprint density at radius 3 is 2.41 bits per heavy atom. The Bertz CT molecular complexity index is 977. The van der Waals surface area contributed by atoms with E-state index >= 15 is 0 Å². The summed E-state index contributed by atoms with van der Waals surface area (Å²) in [5.74, 6) is -0.928. The normalized spacial score (nSPS) is 18.8. The fraction of sp³-hybridized carbons (Fsp3) is 0.444. The number of aromatic nitrogens is 2. The van der Waals surface area contributed by atoms with E-state index in [9.17, 15) is 17.2 Å². The van der Waals surface area contributed by atoms with Gasteiger partial charge >= 0.3 is 0 Å². The Morgan fingerprint density at radius 2 is 1.76 bits per heavy atom. The van der Waals surface area contributed by atoms with Crippen molar-refractivity contribution in [1.82, 2.24) is 18.6 Å². The molecule has 0 radical (unpaired) electrons. The van der Waals surface area contributed by atoms with Crippen LogP contribution in [-0.2, 0) is 14.9 Å². The van der Waals surface area contributed by atoms with Crippen LogP contribution in [0.25, 0.3) is 11.3 Å². The van der Waals surface area contributed by atoms with Gasteiger partial charge in [0.15, 0.2) is 11.6 Å². The Hall–Kier alpha value is -2.21. The summed E-state index contributed by atoms with van der Waals surface area (Å²) in [4.78, 5) is 9.66. The first-order valence-electron chi connectivity index (χ1n) is 9.20. The lowest BCUT2D eigenvalue weighted by Crippen LogP contribution is -2.62. The molecule has 0 saturated carbocycles. The van der Waals surface area contributed by atoms with Crippen LogP contribution in [0.2, 0.25) is 0 Å². The standard InChI is InChI=1S/C18H21F2N5O3S/c1-23(29(26,27)25-6-8-28-9-7-25)15-10-24(11-15)18-16(20)17(21-12-22-18)13-2-4-14(19)5-3-13/h2-5,12,15H,6-11H2,1H3. The molecule has 2 aliphatic heterocycles. The van der Waals surface area contributed by atoms with Crippen LogP contribution < -0.4 is 4.90 Å². The van der Waals surface area contributed by atoms with Gasteiger partial charge in [-0.3, -0.25) is 0 Å². The van der Waals surface area contributed by atoms with Crippen LogP contribution in [0.5, 0.6) is 0 Å². The van der Waals surface area contributed by atoms with E-state index < -0.39 is 21.8 Å². The topological polar surface area (TPSA) is 78.9 Å². The number of rotatable bonds is 5. The van der Waals surface area contributed by atoms with E-state index in [2.05, 4.69) is 9.97 Å². The zero-order chi connectivity index (χ0) is 20.6. The average Bonchev–Trinajstić information content (AvgIpc) is 2.69. The van der Waals surface area contributed by atoms with Gasteiger partial charge in [-0.1, -0.05) is 0 Å². The summed E-state index contributed by atoms with van der Waals surface area (Å²) in [5, 5.41) is 0. The zero-order valence-corrected chi connectivity index (χ0v) is 16.6. The molecule has 8 nitrogen and oxygen atoms in total. The second-order valence-corrected chi connectivity index (χ2v) is 8.95. The van der Waals surface area contributed by atoms with Gasteiger partial charge in [0, 0.05) is 38.8 Å². The molecule has 156 valence electrons. The molecule has 3 heterocycles. The fourth-order valence-electron chi connectivity index (χ4n) is 3.40. The van der Waals surface area contributed by atoms with Gasteiger partial charge in [-0.2, -0.15) is 17.0 Å². The molecular weight excluding hydrogens is 404 g/mol. The number of likely N-dealkylation sites (N-methyl/N-ethyl adjacent to an activating group) is 1. The van der Waals surface area contributed by atoms with Gasteiger partial charge < -0.3 is 9.64 Å². The number of ether oxygens (including phenoxy) is 1. The molecule has 2 aromatic rings. The first-order chi connectivity index (χ1) is 13.9. The summed E-state index contributed by atoms with van der Waals surface area (Å²) in [6.07, 6.45) is 1.25. The minimum atomic E-state index is -3.60. The molecule has 2 saturated heterocycles. The summed E-state index contributed by atoms with van der Waals surface area (Å²) >= 11 is 0. The van der Waals surface area contributed by atoms with Crippen molar-refractivity contribution in [3.63, 3.8) is 0 Å². The lowest BCUT2D eigenvalue weighted by atomic mass is 10.1. The third-order valence-corrected chi connectivity index (χ3v) is 7.27. The molecule has 0 unspecified atom stereocenters. The summed E-state index contributed by atoms with van der Waals surface area (Å²) in [7, 11) is -2.06. The van der Waals surface area contributed by atoms with Crippen molar-refractivity contribution in [3.05, 3.63) is 42.2 Å². The highest BCUT2D eigenvalue weighted by Gasteiger charge is 2.40. The van der Waals surface area contributed by atoms with Crippen molar-refractivity contribution in [3.8, 4) is 11.3 Å². The number of hydrogen-bond donors (Lipinski definition) is 0. The van der Waals surface area contributed by atoms with E-state index in [4.69, 9.17) is 4.74 Å². The molecule has 29 heavy (non-hydrogen) atoms. The maximum atomic E-state index is 15.0. The third-order valence-electron chi connectivity index (χ3n) is 5.23. The van der Waals surface area contributed by atoms with Gasteiger partial charge in [0.1, 0.15) is 17.8 Å². The highest BCUT2D eigenvalue weighted by Crippen LogP contribution is 2.30. The summed E-state index contributed by atoms with van der Waals surface area (Å²) in [5.41, 5.74) is 0.518. The van der Waals surface area contributed by atoms with E-state index in [0.29, 0.717) is 45.0 Å². The second kappa shape index (κ2) is 7.90. The van der Waals surface area contributed by atoms with Gasteiger partial charge in [-0.05, 0) is 24.3 Å². The number of nitrogens with zero attached hydrogens (tertiary/aromatic N) is 5. The van der Waals surface area contributed by atoms with E-state index in [1.807, 2.05) is 0 Å². The SMILES string of the molecule is CN(C1CN(c2ncnc(-c3ccc(F)cc3)c2F)C1)S(=O)(=O)N1CCOCC1. The molecule has 1 aromatic carbocycles. The summed E-state index contributed by atoms with van der Waals surface area (Å²) in [6, 6.07) is 5.09. The highest BCUT2D eigenvalue weighted by atomic mass is 32.2. The van der Waals surface area contributed by atoms with E-state index in [0.717, 1.165) is 0 Å². The first kappa shape index (κ1) is 20.1. The molecule has 0 aliphatic carbocycles. The van der Waals surface area contributed by atoms with Crippen molar-refractivity contribution in [2.24, 2.45) is 0 Å². The number of hydrogen-bond acceptors (Lipinski definition) is 6. The monoisotopic (exact) mass is 425 g/mol. The quantitative estimate of drug-likeness (QED) is 0.715. The highest BCUT2D eigenvalue weighted by molar-refractivity contribution is 7.86. The summed E-state index contributed by atoms with van der Waals surface area (Å²) in [6.45, 7) is 2.04. The number of benzene rings is 1. The molecule has 0 spiro atoms. The number of halogens is 2. The molecule has 0 amide bonds. The minimum absolute atomic E-state index is 0.0766. The van der Waals surface area contributed by atoms with Gasteiger partial charge in [-0.25, -0.2) is 18.7 Å². The van der Waals surface area contributed by atoms with Gasteiger partial charge in [-0.15, -0.1) is 0 Å². The molecule has 2 aliphatic rings. The Morgan fingerprint density at radius 1 is 1.10 bits per heavy atom. The predicted octanol–water partition coefficient (Wildman–Crippen LogP) is 1.12. The average molecular weight is 425 g/mol. The van der Waals surface area contributed by atoms with Gasteiger partial charge in [0.25, 0.3) is 10.2 Å². The Kier molecular flexibility index (Phi) is 5.47. The number of anilines is 1. The molecule has 4 rings (SSSR count). The van der Waals surface area contributed by atoms with Crippen LogP contribution in [-0.4, -0.2) is 79.5 Å². The smallest absolute Gasteiger partial charge is 0.282 e. The maximum absolute atomic E-state index is 15.0. The van der Waals surface area contributed by atoms with Crippen molar-refractivity contribution in [2.75, 3.05) is 51.3 Å². The molecule has 11 heteroatoms. The lowest BCUT2D eigenvalue weighted by molar-refractivity contribution is 0.0695. The lowest BCUT2D eigenvalue weighted by Gasteiger charge is -2.45. The van der Waals surface area contributed by atoms with Gasteiger partial charge in [0.2, 0.25) is 0 Å². The van der Waals surface area contributed by atoms with Gasteiger partial charge in [0.05, 0.1) is 19.3 Å². The molecule has 0 bridgehead atoms.